The van der Waals surface area contributed by atoms with Crippen LogP contribution in [-0.4, -0.2) is 26.5 Å². The minimum absolute atomic E-state index is 0.00279. The second kappa shape index (κ2) is 9.03. The summed E-state index contributed by atoms with van der Waals surface area (Å²) in [6, 6.07) is 13.4. The Bertz CT molecular complexity index is 994. The number of carbonyl (C=O) groups excluding carboxylic acids is 1. The highest BCUT2D eigenvalue weighted by atomic mass is 35.5. The second-order valence-electron chi connectivity index (χ2n) is 6.33. The first-order valence-electron chi connectivity index (χ1n) is 8.64. The molecule has 0 aliphatic carbocycles. The number of rotatable bonds is 7. The average molecular weight is 414 g/mol. The summed E-state index contributed by atoms with van der Waals surface area (Å²) in [6.07, 6.45) is 0.0921. The summed E-state index contributed by atoms with van der Waals surface area (Å²) < 4.78 is 0. The van der Waals surface area contributed by atoms with Gasteiger partial charge in [-0.05, 0) is 49.7 Å². The summed E-state index contributed by atoms with van der Waals surface area (Å²) in [7, 11) is 0. The van der Waals surface area contributed by atoms with E-state index in [1.165, 1.54) is 17.3 Å². The monoisotopic (exact) mass is 413 g/mol. The lowest BCUT2D eigenvalue weighted by molar-refractivity contribution is -0.116. The number of nitrogens with two attached hydrogens (primary N) is 1. The van der Waals surface area contributed by atoms with Gasteiger partial charge in [0.15, 0.2) is 5.78 Å². The van der Waals surface area contributed by atoms with Crippen molar-refractivity contribution in [2.75, 3.05) is 16.8 Å². The van der Waals surface area contributed by atoms with E-state index in [1.807, 2.05) is 38.1 Å². The quantitative estimate of drug-likeness (QED) is 0.555. The first-order valence-corrected chi connectivity index (χ1v) is 10.00. The van der Waals surface area contributed by atoms with Crippen molar-refractivity contribution in [1.82, 2.24) is 15.0 Å². The first-order chi connectivity index (χ1) is 13.4. The Kier molecular flexibility index (Phi) is 6.49. The van der Waals surface area contributed by atoms with Crippen molar-refractivity contribution in [2.45, 2.75) is 25.2 Å². The molecule has 144 valence electrons. The van der Waals surface area contributed by atoms with Crippen LogP contribution in [0.4, 0.5) is 17.6 Å². The lowest BCUT2D eigenvalue weighted by atomic mass is 10.1. The van der Waals surface area contributed by atoms with Crippen molar-refractivity contribution in [1.29, 1.82) is 0 Å². The molecule has 1 heterocycles. The van der Waals surface area contributed by atoms with Crippen LogP contribution < -0.4 is 11.1 Å². The predicted molar refractivity (Wildman–Crippen MR) is 114 cm³/mol. The molecule has 0 unspecified atom stereocenters. The van der Waals surface area contributed by atoms with E-state index in [0.717, 1.165) is 16.1 Å². The van der Waals surface area contributed by atoms with Crippen molar-refractivity contribution >= 4 is 46.7 Å². The summed E-state index contributed by atoms with van der Waals surface area (Å²) >= 11 is 7.31. The van der Waals surface area contributed by atoms with E-state index in [9.17, 15) is 4.79 Å². The molecule has 0 atom stereocenters. The molecule has 3 N–H and O–H groups in total. The largest absolute Gasteiger partial charge is 0.368 e. The Labute approximate surface area is 173 Å². The first kappa shape index (κ1) is 20.1. The van der Waals surface area contributed by atoms with Crippen molar-refractivity contribution in [3.8, 4) is 0 Å². The van der Waals surface area contributed by atoms with Crippen molar-refractivity contribution in [3.05, 3.63) is 64.4 Å². The molecule has 2 aromatic carbocycles. The van der Waals surface area contributed by atoms with Crippen molar-refractivity contribution in [2.24, 2.45) is 0 Å². The van der Waals surface area contributed by atoms with Gasteiger partial charge in [0, 0.05) is 15.6 Å². The average Bonchev–Trinajstić information content (AvgIpc) is 2.63. The summed E-state index contributed by atoms with van der Waals surface area (Å²) in [5, 5.41) is 3.81. The van der Waals surface area contributed by atoms with Crippen LogP contribution in [0.5, 0.6) is 0 Å². The number of halogens is 1. The Morgan fingerprint density at radius 1 is 1.11 bits per heavy atom. The number of aryl methyl sites for hydroxylation is 2. The molecular weight excluding hydrogens is 394 g/mol. The lowest BCUT2D eigenvalue weighted by Crippen LogP contribution is -2.13. The molecule has 8 heteroatoms. The molecule has 0 aliphatic rings. The molecule has 3 rings (SSSR count). The van der Waals surface area contributed by atoms with Gasteiger partial charge in [-0.2, -0.15) is 15.0 Å². The Morgan fingerprint density at radius 2 is 1.86 bits per heavy atom. The number of hydrogen-bond donors (Lipinski definition) is 2. The molecule has 0 spiro atoms. The van der Waals surface area contributed by atoms with Crippen LogP contribution >= 0.6 is 23.4 Å². The molecular formula is C20H20ClN5OS. The topological polar surface area (TPSA) is 93.8 Å². The zero-order chi connectivity index (χ0) is 20.1. The fourth-order valence-electron chi connectivity index (χ4n) is 2.57. The van der Waals surface area contributed by atoms with E-state index < -0.39 is 0 Å². The minimum Gasteiger partial charge on any atom is -0.368 e. The van der Waals surface area contributed by atoms with E-state index in [-0.39, 0.29) is 18.2 Å². The number of nitrogens with zero attached hydrogens (tertiary/aromatic N) is 3. The normalized spacial score (nSPS) is 10.7. The number of anilines is 3. The second-order valence-corrected chi connectivity index (χ2v) is 7.82. The maximum Gasteiger partial charge on any atom is 0.232 e. The van der Waals surface area contributed by atoms with E-state index in [1.54, 1.807) is 12.1 Å². The molecule has 28 heavy (non-hydrogen) atoms. The standard InChI is InChI=1S/C20H20ClN5OS/c1-12-3-8-17(13(2)9-12)23-20-25-18(24-19(22)26-20)10-15(27)11-28-16-6-4-14(21)5-7-16/h3-9H,10-11H2,1-2H3,(H3,22,23,24,25,26). The third-order valence-electron chi connectivity index (χ3n) is 3.90. The Morgan fingerprint density at radius 3 is 2.57 bits per heavy atom. The van der Waals surface area contributed by atoms with Crippen LogP contribution in [0.3, 0.4) is 0 Å². The Balaban J connectivity index is 1.65. The fraction of sp³-hybridized carbons (Fsp3) is 0.200. The number of thioether (sulfide) groups is 1. The van der Waals surface area contributed by atoms with Gasteiger partial charge in [-0.1, -0.05) is 29.3 Å². The van der Waals surface area contributed by atoms with Crippen molar-refractivity contribution in [3.63, 3.8) is 0 Å². The Hall–Kier alpha value is -2.64. The van der Waals surface area contributed by atoms with Crippen LogP contribution in [0.25, 0.3) is 0 Å². The molecule has 0 radical (unpaired) electrons. The number of ketones is 1. The zero-order valence-corrected chi connectivity index (χ0v) is 17.1. The highest BCUT2D eigenvalue weighted by Crippen LogP contribution is 2.22. The van der Waals surface area contributed by atoms with Gasteiger partial charge in [0.25, 0.3) is 0 Å². The highest BCUT2D eigenvalue weighted by Gasteiger charge is 2.11. The van der Waals surface area contributed by atoms with Gasteiger partial charge >= 0.3 is 0 Å². The van der Waals surface area contributed by atoms with Gasteiger partial charge in [0.1, 0.15) is 5.82 Å². The number of benzene rings is 2. The van der Waals surface area contributed by atoms with Gasteiger partial charge in [0.05, 0.1) is 12.2 Å². The van der Waals surface area contributed by atoms with Crippen LogP contribution in [0.15, 0.2) is 47.4 Å². The number of carbonyl (C=O) groups is 1. The van der Waals surface area contributed by atoms with E-state index in [0.29, 0.717) is 22.5 Å². The zero-order valence-electron chi connectivity index (χ0n) is 15.6. The third-order valence-corrected chi connectivity index (χ3v) is 5.22. The molecule has 0 saturated heterocycles. The van der Waals surface area contributed by atoms with Crippen LogP contribution in [0, 0.1) is 13.8 Å². The molecule has 0 bridgehead atoms. The maximum absolute atomic E-state index is 12.3. The van der Waals surface area contributed by atoms with Crippen LogP contribution in [0.2, 0.25) is 5.02 Å². The number of hydrogen-bond acceptors (Lipinski definition) is 7. The number of aromatic nitrogens is 3. The highest BCUT2D eigenvalue weighted by molar-refractivity contribution is 8.00. The predicted octanol–water partition coefficient (Wildman–Crippen LogP) is 4.37. The van der Waals surface area contributed by atoms with Gasteiger partial charge in [-0.25, -0.2) is 0 Å². The molecule has 0 aliphatic heterocycles. The number of nitrogen functional groups attached to an aromatic ring is 1. The molecule has 0 fully saturated rings. The van der Waals surface area contributed by atoms with Crippen molar-refractivity contribution < 1.29 is 4.79 Å². The van der Waals surface area contributed by atoms with Gasteiger partial charge in [-0.3, -0.25) is 4.79 Å². The van der Waals surface area contributed by atoms with E-state index in [4.69, 9.17) is 17.3 Å². The fourth-order valence-corrected chi connectivity index (χ4v) is 3.45. The molecule has 0 saturated carbocycles. The smallest absolute Gasteiger partial charge is 0.232 e. The molecule has 6 nitrogen and oxygen atoms in total. The van der Waals surface area contributed by atoms with E-state index >= 15 is 0 Å². The number of Topliss-reactive ketones (excluding diaryl/α,β-unsaturated/α-hetero) is 1. The third kappa shape index (κ3) is 5.68. The summed E-state index contributed by atoms with van der Waals surface area (Å²) in [4.78, 5) is 25.8. The summed E-state index contributed by atoms with van der Waals surface area (Å²) in [6.45, 7) is 4.03. The van der Waals surface area contributed by atoms with Gasteiger partial charge < -0.3 is 11.1 Å². The van der Waals surface area contributed by atoms with Crippen LogP contribution in [0.1, 0.15) is 17.0 Å². The maximum atomic E-state index is 12.3. The summed E-state index contributed by atoms with van der Waals surface area (Å²) in [5.74, 6) is 1.07. The van der Waals surface area contributed by atoms with Gasteiger partial charge in [-0.15, -0.1) is 11.8 Å². The SMILES string of the molecule is Cc1ccc(Nc2nc(N)nc(CC(=O)CSc3ccc(Cl)cc3)n2)c(C)c1. The van der Waals surface area contributed by atoms with E-state index in [2.05, 4.69) is 26.3 Å². The van der Waals surface area contributed by atoms with Crippen LogP contribution in [-0.2, 0) is 11.2 Å². The molecule has 1 aromatic heterocycles. The lowest BCUT2D eigenvalue weighted by Gasteiger charge is -2.10. The summed E-state index contributed by atoms with van der Waals surface area (Å²) in [5.41, 5.74) is 8.92. The molecule has 0 amide bonds. The number of nitrogens with one attached hydrogen (secondary N) is 1. The molecule has 3 aromatic rings. The minimum atomic E-state index is 0.00279. The van der Waals surface area contributed by atoms with Gasteiger partial charge in [0.2, 0.25) is 11.9 Å².